The second-order valence-electron chi connectivity index (χ2n) is 6.13. The summed E-state index contributed by atoms with van der Waals surface area (Å²) < 4.78 is 0. The lowest BCUT2D eigenvalue weighted by molar-refractivity contribution is -0.384. The van der Waals surface area contributed by atoms with Crippen LogP contribution in [0.1, 0.15) is 22.3 Å². The van der Waals surface area contributed by atoms with E-state index in [0.717, 1.165) is 0 Å². The number of carbonyl (C=O) groups excluding carboxylic acids is 2. The molecule has 0 spiro atoms. The molecule has 138 valence electrons. The molecule has 0 aromatic heterocycles. The average molecular weight is 387 g/mol. The first-order valence-electron chi connectivity index (χ1n) is 8.01. The zero-order chi connectivity index (χ0) is 19.8. The van der Waals surface area contributed by atoms with Crippen LogP contribution in [-0.2, 0) is 10.4 Å². The molecule has 1 aliphatic rings. The van der Waals surface area contributed by atoms with Gasteiger partial charge in [-0.15, -0.1) is 6.58 Å². The third-order valence-electron chi connectivity index (χ3n) is 4.42. The molecule has 27 heavy (non-hydrogen) atoms. The monoisotopic (exact) mass is 386 g/mol. The highest BCUT2D eigenvalue weighted by molar-refractivity contribution is 6.31. The number of ketones is 1. The van der Waals surface area contributed by atoms with Crippen molar-refractivity contribution in [3.05, 3.63) is 81.4 Å². The number of aliphatic hydroxyl groups is 1. The summed E-state index contributed by atoms with van der Waals surface area (Å²) in [5.41, 5.74) is -1.35. The van der Waals surface area contributed by atoms with Gasteiger partial charge in [-0.1, -0.05) is 17.7 Å². The number of halogens is 1. The summed E-state index contributed by atoms with van der Waals surface area (Å²) in [5, 5.41) is 22.1. The van der Waals surface area contributed by atoms with Crippen LogP contribution >= 0.6 is 11.6 Å². The van der Waals surface area contributed by atoms with Crippen LogP contribution in [0.3, 0.4) is 0 Å². The number of nitro benzene ring substituents is 1. The molecule has 1 aliphatic heterocycles. The molecule has 0 fully saturated rings. The van der Waals surface area contributed by atoms with E-state index in [4.69, 9.17) is 11.6 Å². The Bertz CT molecular complexity index is 957. The van der Waals surface area contributed by atoms with Gasteiger partial charge in [0, 0.05) is 34.8 Å². The number of fused-ring (bicyclic) bond motifs is 1. The van der Waals surface area contributed by atoms with Crippen molar-refractivity contribution in [3.8, 4) is 0 Å². The third kappa shape index (κ3) is 3.22. The summed E-state index contributed by atoms with van der Waals surface area (Å²) in [7, 11) is 0. The van der Waals surface area contributed by atoms with Crippen LogP contribution in [-0.4, -0.2) is 28.3 Å². The first kappa shape index (κ1) is 18.8. The van der Waals surface area contributed by atoms with Gasteiger partial charge in [0.05, 0.1) is 17.0 Å². The summed E-state index contributed by atoms with van der Waals surface area (Å²) in [4.78, 5) is 37.0. The van der Waals surface area contributed by atoms with Crippen LogP contribution in [0.25, 0.3) is 0 Å². The largest absolute Gasteiger partial charge is 0.375 e. The Kier molecular flexibility index (Phi) is 4.82. The summed E-state index contributed by atoms with van der Waals surface area (Å²) >= 11 is 6.01. The zero-order valence-electron chi connectivity index (χ0n) is 14.1. The Morgan fingerprint density at radius 3 is 2.56 bits per heavy atom. The van der Waals surface area contributed by atoms with Gasteiger partial charge in [-0.3, -0.25) is 19.7 Å². The van der Waals surface area contributed by atoms with E-state index < -0.39 is 28.6 Å². The molecule has 1 N–H and O–H groups in total. The van der Waals surface area contributed by atoms with Crippen molar-refractivity contribution in [2.45, 2.75) is 12.0 Å². The van der Waals surface area contributed by atoms with Gasteiger partial charge in [0.1, 0.15) is 0 Å². The van der Waals surface area contributed by atoms with Crippen LogP contribution < -0.4 is 4.90 Å². The van der Waals surface area contributed by atoms with Crippen molar-refractivity contribution >= 4 is 34.7 Å². The number of nitro groups is 1. The van der Waals surface area contributed by atoms with E-state index in [2.05, 4.69) is 6.58 Å². The minimum atomic E-state index is -2.07. The van der Waals surface area contributed by atoms with E-state index >= 15 is 0 Å². The summed E-state index contributed by atoms with van der Waals surface area (Å²) in [5.74, 6) is -1.16. The number of hydrogen-bond donors (Lipinski definition) is 1. The van der Waals surface area contributed by atoms with Gasteiger partial charge in [0.15, 0.2) is 11.4 Å². The van der Waals surface area contributed by atoms with Crippen LogP contribution in [0.15, 0.2) is 55.1 Å². The van der Waals surface area contributed by atoms with Crippen molar-refractivity contribution in [1.82, 2.24) is 0 Å². The maximum atomic E-state index is 12.8. The number of anilines is 1. The van der Waals surface area contributed by atoms with Crippen LogP contribution in [0, 0.1) is 10.1 Å². The minimum absolute atomic E-state index is 0.156. The molecule has 0 saturated heterocycles. The van der Waals surface area contributed by atoms with Crippen molar-refractivity contribution in [3.63, 3.8) is 0 Å². The molecular weight excluding hydrogens is 372 g/mol. The maximum Gasteiger partial charge on any atom is 0.269 e. The van der Waals surface area contributed by atoms with Crippen molar-refractivity contribution in [2.24, 2.45) is 0 Å². The predicted molar refractivity (Wildman–Crippen MR) is 99.9 cm³/mol. The molecule has 0 unspecified atom stereocenters. The van der Waals surface area contributed by atoms with E-state index in [9.17, 15) is 24.8 Å². The molecule has 1 heterocycles. The molecule has 0 radical (unpaired) electrons. The fourth-order valence-electron chi connectivity index (χ4n) is 3.11. The van der Waals surface area contributed by atoms with Crippen molar-refractivity contribution < 1.29 is 19.6 Å². The second-order valence-corrected chi connectivity index (χ2v) is 6.57. The average Bonchev–Trinajstić information content (AvgIpc) is 2.84. The van der Waals surface area contributed by atoms with E-state index in [1.54, 1.807) is 12.1 Å². The van der Waals surface area contributed by atoms with Gasteiger partial charge < -0.3 is 10.0 Å². The highest BCUT2D eigenvalue weighted by Crippen LogP contribution is 2.44. The molecule has 2 aromatic carbocycles. The quantitative estimate of drug-likeness (QED) is 0.355. The lowest BCUT2D eigenvalue weighted by Crippen LogP contribution is -2.41. The number of amides is 1. The highest BCUT2D eigenvalue weighted by atomic mass is 35.5. The minimum Gasteiger partial charge on any atom is -0.375 e. The van der Waals surface area contributed by atoms with Crippen molar-refractivity contribution in [2.75, 3.05) is 11.4 Å². The van der Waals surface area contributed by atoms with E-state index in [-0.39, 0.29) is 23.4 Å². The molecule has 0 bridgehead atoms. The first-order valence-corrected chi connectivity index (χ1v) is 8.38. The Hall–Kier alpha value is -3.03. The number of benzene rings is 2. The van der Waals surface area contributed by atoms with Gasteiger partial charge in [0.2, 0.25) is 0 Å². The number of non-ortho nitro benzene ring substituents is 1. The lowest BCUT2D eigenvalue weighted by Gasteiger charge is -2.22. The topological polar surface area (TPSA) is 101 Å². The predicted octanol–water partition coefficient (Wildman–Crippen LogP) is 3.24. The normalized spacial score (nSPS) is 18.3. The molecular formula is C19H15ClN2O5. The molecule has 0 saturated carbocycles. The van der Waals surface area contributed by atoms with Gasteiger partial charge in [-0.2, -0.15) is 0 Å². The standard InChI is InChI=1S/C19H15ClN2O5/c1-2-9-21-16-8-5-13(20)10-15(16)19(25,18(21)24)11-17(23)12-3-6-14(7-4-12)22(26)27/h2-8,10,25H,1,9,11H2/t19-/m0/s1. The molecule has 1 amide bonds. The summed E-state index contributed by atoms with van der Waals surface area (Å²) in [6.45, 7) is 3.77. The number of rotatable bonds is 6. The van der Waals surface area contributed by atoms with Crippen LogP contribution in [0.2, 0.25) is 5.02 Å². The number of carbonyl (C=O) groups is 2. The van der Waals surface area contributed by atoms with Gasteiger partial charge in [-0.25, -0.2) is 0 Å². The van der Waals surface area contributed by atoms with E-state index in [0.29, 0.717) is 10.7 Å². The summed E-state index contributed by atoms with van der Waals surface area (Å²) in [6, 6.07) is 9.64. The Balaban J connectivity index is 1.96. The molecule has 8 heteroatoms. The van der Waals surface area contributed by atoms with Gasteiger partial charge in [-0.05, 0) is 30.3 Å². The summed E-state index contributed by atoms with van der Waals surface area (Å²) in [6.07, 6.45) is 1.00. The SMILES string of the molecule is C=CCN1C(=O)[C@](O)(CC(=O)c2ccc([N+](=O)[O-])cc2)c2cc(Cl)ccc21. The van der Waals surface area contributed by atoms with E-state index in [1.807, 2.05) is 0 Å². The number of nitrogens with zero attached hydrogens (tertiary/aromatic N) is 2. The molecule has 3 rings (SSSR count). The zero-order valence-corrected chi connectivity index (χ0v) is 14.8. The maximum absolute atomic E-state index is 12.8. The third-order valence-corrected chi connectivity index (χ3v) is 4.66. The van der Waals surface area contributed by atoms with Crippen LogP contribution in [0.5, 0.6) is 0 Å². The van der Waals surface area contributed by atoms with Gasteiger partial charge in [0.25, 0.3) is 11.6 Å². The number of Topliss-reactive ketones (excluding diaryl/α,β-unsaturated/α-hetero) is 1. The highest BCUT2D eigenvalue weighted by Gasteiger charge is 2.50. The fraction of sp³-hybridized carbons (Fsp3) is 0.158. The van der Waals surface area contributed by atoms with Crippen LogP contribution in [0.4, 0.5) is 11.4 Å². The fourth-order valence-corrected chi connectivity index (χ4v) is 3.28. The lowest BCUT2D eigenvalue weighted by atomic mass is 9.88. The second kappa shape index (κ2) is 6.94. The van der Waals surface area contributed by atoms with Gasteiger partial charge >= 0.3 is 0 Å². The van der Waals surface area contributed by atoms with Crippen molar-refractivity contribution in [1.29, 1.82) is 0 Å². The molecule has 1 atom stereocenters. The molecule has 7 nitrogen and oxygen atoms in total. The Morgan fingerprint density at radius 1 is 1.30 bits per heavy atom. The Morgan fingerprint density at radius 2 is 1.96 bits per heavy atom. The Labute approximate surface area is 159 Å². The van der Waals surface area contributed by atoms with E-state index in [1.165, 1.54) is 41.3 Å². The molecule has 2 aromatic rings. The smallest absolute Gasteiger partial charge is 0.269 e. The molecule has 0 aliphatic carbocycles. The first-order chi connectivity index (χ1) is 12.8. The number of hydrogen-bond acceptors (Lipinski definition) is 5.